The summed E-state index contributed by atoms with van der Waals surface area (Å²) in [5.41, 5.74) is 1.41. The van der Waals surface area contributed by atoms with Crippen molar-refractivity contribution in [3.05, 3.63) is 40.9 Å². The van der Waals surface area contributed by atoms with Gasteiger partial charge in [0.25, 0.3) is 0 Å². The van der Waals surface area contributed by atoms with E-state index in [1.54, 1.807) is 0 Å². The molecule has 0 radical (unpaired) electrons. The van der Waals surface area contributed by atoms with Gasteiger partial charge in [0.1, 0.15) is 11.6 Å². The molecule has 2 aromatic rings. The molecule has 1 saturated carbocycles. The molecule has 1 aliphatic carbocycles. The molecule has 37 heavy (non-hydrogen) atoms. The van der Waals surface area contributed by atoms with Crippen LogP contribution in [0.1, 0.15) is 76.7 Å². The number of rotatable bonds is 6. The molecule has 3 aliphatic rings. The number of hydrogen-bond donors (Lipinski definition) is 2. The van der Waals surface area contributed by atoms with Gasteiger partial charge in [0, 0.05) is 49.2 Å². The minimum atomic E-state index is 0.0696. The first-order valence-corrected chi connectivity index (χ1v) is 15.0. The molecule has 2 N–H and O–H groups in total. The fourth-order valence-corrected chi connectivity index (χ4v) is 6.61. The summed E-state index contributed by atoms with van der Waals surface area (Å²) in [5.74, 6) is 3.30. The number of hydrogen-bond acceptors (Lipinski definition) is 5. The van der Waals surface area contributed by atoms with E-state index >= 15 is 0 Å². The monoisotopic (exact) mass is 540 g/mol. The van der Waals surface area contributed by atoms with Gasteiger partial charge in [-0.3, -0.25) is 0 Å². The van der Waals surface area contributed by atoms with E-state index in [1.807, 2.05) is 12.1 Å². The fourth-order valence-electron chi connectivity index (χ4n) is 6.32. The zero-order chi connectivity index (χ0) is 25.7. The molecule has 3 fully saturated rings. The van der Waals surface area contributed by atoms with Crippen LogP contribution >= 0.6 is 23.8 Å². The molecule has 5 rings (SSSR count). The van der Waals surface area contributed by atoms with Crippen LogP contribution < -0.4 is 20.4 Å². The Hall–Kier alpha value is -2.12. The zero-order valence-corrected chi connectivity index (χ0v) is 23.7. The van der Waals surface area contributed by atoms with Gasteiger partial charge < -0.3 is 20.4 Å². The number of nitrogens with zero attached hydrogens (tertiary/aromatic N) is 4. The lowest BCUT2D eigenvalue weighted by atomic mass is 9.69. The normalized spacial score (nSPS) is 21.9. The second kappa shape index (κ2) is 12.2. The van der Waals surface area contributed by atoms with Gasteiger partial charge in [0.2, 0.25) is 5.95 Å². The van der Waals surface area contributed by atoms with Gasteiger partial charge in [-0.25, -0.2) is 0 Å². The highest BCUT2D eigenvalue weighted by molar-refractivity contribution is 7.80. The first-order chi connectivity index (χ1) is 18.0. The maximum atomic E-state index is 6.19. The van der Waals surface area contributed by atoms with Crippen LogP contribution in [0.15, 0.2) is 30.3 Å². The van der Waals surface area contributed by atoms with Crippen molar-refractivity contribution in [3.63, 3.8) is 0 Å². The Morgan fingerprint density at radius 1 is 0.946 bits per heavy atom. The summed E-state index contributed by atoms with van der Waals surface area (Å²) in [7, 11) is 0. The van der Waals surface area contributed by atoms with Gasteiger partial charge in [-0.1, -0.05) is 49.9 Å². The van der Waals surface area contributed by atoms with Crippen molar-refractivity contribution in [3.8, 4) is 0 Å². The van der Waals surface area contributed by atoms with Gasteiger partial charge in [0.15, 0.2) is 5.11 Å². The highest BCUT2D eigenvalue weighted by Gasteiger charge is 2.34. The summed E-state index contributed by atoms with van der Waals surface area (Å²) >= 11 is 12.0. The second-order valence-corrected chi connectivity index (χ2v) is 12.1. The number of nitrogens with one attached hydrogen (secondary N) is 2. The Labute approximate surface area is 232 Å². The lowest BCUT2D eigenvalue weighted by Gasteiger charge is -2.38. The maximum absolute atomic E-state index is 6.19. The zero-order valence-electron chi connectivity index (χ0n) is 22.1. The van der Waals surface area contributed by atoms with Gasteiger partial charge in [-0.2, -0.15) is 9.97 Å². The molecular formula is C29H41ClN6S. The van der Waals surface area contributed by atoms with Crippen molar-refractivity contribution >= 4 is 46.5 Å². The number of halogens is 1. The average molecular weight is 541 g/mol. The Morgan fingerprint density at radius 3 is 2.30 bits per heavy atom. The van der Waals surface area contributed by atoms with Gasteiger partial charge in [-0.05, 0) is 80.8 Å². The van der Waals surface area contributed by atoms with E-state index in [4.69, 9.17) is 33.8 Å². The van der Waals surface area contributed by atoms with Crippen LogP contribution in [0, 0.1) is 5.92 Å². The number of benzene rings is 1. The first kappa shape index (κ1) is 26.5. The molecule has 2 aliphatic heterocycles. The predicted molar refractivity (Wildman–Crippen MR) is 159 cm³/mol. The third kappa shape index (κ3) is 6.66. The number of anilines is 3. The van der Waals surface area contributed by atoms with E-state index in [0.717, 1.165) is 62.2 Å². The van der Waals surface area contributed by atoms with Crippen molar-refractivity contribution in [2.45, 2.75) is 76.5 Å². The van der Waals surface area contributed by atoms with Crippen molar-refractivity contribution in [1.82, 2.24) is 15.3 Å². The van der Waals surface area contributed by atoms with Gasteiger partial charge >= 0.3 is 0 Å². The van der Waals surface area contributed by atoms with Crippen LogP contribution in [-0.2, 0) is 5.41 Å². The Morgan fingerprint density at radius 2 is 1.59 bits per heavy atom. The third-order valence-corrected chi connectivity index (χ3v) is 8.94. The molecule has 8 heteroatoms. The first-order valence-electron chi connectivity index (χ1n) is 14.2. The summed E-state index contributed by atoms with van der Waals surface area (Å²) in [6.45, 7) is 7.33. The van der Waals surface area contributed by atoms with Crippen LogP contribution in [0.3, 0.4) is 0 Å². The summed E-state index contributed by atoms with van der Waals surface area (Å²) in [4.78, 5) is 14.7. The van der Waals surface area contributed by atoms with Crippen molar-refractivity contribution in [1.29, 1.82) is 0 Å². The SMILES string of the molecule is CC1CCCN(c2cc(N3CCCCC3)nc(NC(=S)NCC3(c4ccc(Cl)cc4)CCCCC3)n2)C1. The second-order valence-electron chi connectivity index (χ2n) is 11.3. The molecule has 1 aromatic carbocycles. The van der Waals surface area contributed by atoms with Crippen molar-refractivity contribution in [2.75, 3.05) is 47.8 Å². The lowest BCUT2D eigenvalue weighted by Crippen LogP contribution is -2.43. The van der Waals surface area contributed by atoms with E-state index in [-0.39, 0.29) is 5.41 Å². The van der Waals surface area contributed by atoms with Crippen molar-refractivity contribution < 1.29 is 0 Å². The standard InChI is InChI=1S/C29H41ClN6S/c1-22-9-8-18-36(20-22)26-19-25(35-16-6-3-7-17-35)32-27(33-26)34-28(37)31-21-29(14-4-2-5-15-29)23-10-12-24(30)13-11-23/h10-13,19,22H,2-9,14-18,20-21H2,1H3,(H2,31,32,33,34,37). The Balaban J connectivity index is 1.32. The number of aromatic nitrogens is 2. The molecule has 3 heterocycles. The van der Waals surface area contributed by atoms with Gasteiger partial charge in [0.05, 0.1) is 0 Å². The van der Waals surface area contributed by atoms with E-state index in [9.17, 15) is 0 Å². The summed E-state index contributed by atoms with van der Waals surface area (Å²) in [5, 5.41) is 8.27. The molecule has 2 saturated heterocycles. The molecule has 0 amide bonds. The third-order valence-electron chi connectivity index (χ3n) is 8.44. The largest absolute Gasteiger partial charge is 0.361 e. The highest BCUT2D eigenvalue weighted by Crippen LogP contribution is 2.39. The van der Waals surface area contributed by atoms with Crippen LogP contribution in [0.2, 0.25) is 5.02 Å². The van der Waals surface area contributed by atoms with Crippen LogP contribution in [0.4, 0.5) is 17.6 Å². The maximum Gasteiger partial charge on any atom is 0.232 e. The van der Waals surface area contributed by atoms with E-state index in [0.29, 0.717) is 17.0 Å². The molecule has 0 spiro atoms. The average Bonchev–Trinajstić information content (AvgIpc) is 2.93. The smallest absolute Gasteiger partial charge is 0.232 e. The Kier molecular flexibility index (Phi) is 8.71. The van der Waals surface area contributed by atoms with Crippen LogP contribution in [-0.4, -0.2) is 47.8 Å². The molecule has 200 valence electrons. The Bertz CT molecular complexity index is 1050. The van der Waals surface area contributed by atoms with E-state index in [1.165, 1.54) is 56.9 Å². The highest BCUT2D eigenvalue weighted by atomic mass is 35.5. The molecule has 1 atom stereocenters. The van der Waals surface area contributed by atoms with Crippen molar-refractivity contribution in [2.24, 2.45) is 5.92 Å². The summed E-state index contributed by atoms with van der Waals surface area (Å²) < 4.78 is 0. The van der Waals surface area contributed by atoms with E-state index < -0.39 is 0 Å². The molecular weight excluding hydrogens is 500 g/mol. The molecule has 1 unspecified atom stereocenters. The topological polar surface area (TPSA) is 56.3 Å². The molecule has 1 aromatic heterocycles. The summed E-state index contributed by atoms with van der Waals surface area (Å²) in [6.07, 6.45) is 12.3. The van der Waals surface area contributed by atoms with Crippen LogP contribution in [0.5, 0.6) is 0 Å². The predicted octanol–water partition coefficient (Wildman–Crippen LogP) is 6.55. The van der Waals surface area contributed by atoms with E-state index in [2.05, 4.69) is 45.6 Å². The number of piperidine rings is 2. The molecule has 6 nitrogen and oxygen atoms in total. The minimum Gasteiger partial charge on any atom is -0.361 e. The fraction of sp³-hybridized carbons (Fsp3) is 0.621. The molecule has 0 bridgehead atoms. The summed E-state index contributed by atoms with van der Waals surface area (Å²) in [6, 6.07) is 10.6. The van der Waals surface area contributed by atoms with Gasteiger partial charge in [-0.15, -0.1) is 0 Å². The quantitative estimate of drug-likeness (QED) is 0.403. The minimum absolute atomic E-state index is 0.0696. The number of thiocarbonyl (C=S) groups is 1. The lowest BCUT2D eigenvalue weighted by molar-refractivity contribution is 0.292. The van der Waals surface area contributed by atoms with Crippen LogP contribution in [0.25, 0.3) is 0 Å².